The van der Waals surface area contributed by atoms with Crippen LogP contribution in [0.1, 0.15) is 20.4 Å². The summed E-state index contributed by atoms with van der Waals surface area (Å²) < 4.78 is 10.0. The van der Waals surface area contributed by atoms with Crippen LogP contribution in [0.5, 0.6) is 5.75 Å². The number of amides is 1. The summed E-state index contributed by atoms with van der Waals surface area (Å²) in [5.74, 6) is -0.877. The molecule has 1 amide bonds. The highest BCUT2D eigenvalue weighted by Crippen LogP contribution is 2.21. The molecule has 0 saturated heterocycles. The third-order valence-corrected chi connectivity index (χ3v) is 3.92. The smallest absolute Gasteiger partial charge is 0.341 e. The Kier molecular flexibility index (Phi) is 5.67. The van der Waals surface area contributed by atoms with Gasteiger partial charge in [-0.1, -0.05) is 0 Å². The van der Waals surface area contributed by atoms with Crippen LogP contribution in [-0.4, -0.2) is 35.7 Å². The van der Waals surface area contributed by atoms with Crippen LogP contribution in [0.4, 0.5) is 5.69 Å². The topological polar surface area (TPSA) is 97.8 Å². The quantitative estimate of drug-likeness (QED) is 0.805. The molecule has 1 aromatic carbocycles. The Balaban J connectivity index is 2.01. The number of ether oxygens (including phenoxy) is 2. The van der Waals surface area contributed by atoms with Gasteiger partial charge in [-0.25, -0.2) is 9.78 Å². The van der Waals surface area contributed by atoms with Crippen molar-refractivity contribution in [3.05, 3.63) is 39.8 Å². The molecule has 0 saturated carbocycles. The molecule has 0 unspecified atom stereocenters. The first-order valence-electron chi connectivity index (χ1n) is 6.71. The lowest BCUT2D eigenvalue weighted by atomic mass is 10.3. The first-order chi connectivity index (χ1) is 11.0. The number of carbonyl (C=O) groups excluding carboxylic acids is 1. The van der Waals surface area contributed by atoms with Gasteiger partial charge >= 0.3 is 5.97 Å². The molecule has 2 aromatic rings. The van der Waals surface area contributed by atoms with E-state index in [1.54, 1.807) is 38.3 Å². The van der Waals surface area contributed by atoms with Gasteiger partial charge in [0, 0.05) is 12.8 Å². The number of carboxylic acid groups (broad SMARTS) is 1. The third kappa shape index (κ3) is 4.76. The minimum Gasteiger partial charge on any atom is -0.482 e. The van der Waals surface area contributed by atoms with E-state index in [4.69, 9.17) is 14.6 Å². The molecule has 2 rings (SSSR count). The zero-order valence-electron chi connectivity index (χ0n) is 12.7. The molecule has 0 radical (unpaired) electrons. The molecule has 0 aliphatic carbocycles. The number of rotatable bonds is 7. The Hall–Kier alpha value is -2.45. The maximum absolute atomic E-state index is 12.3. The number of nitrogens with zero attached hydrogens (tertiary/aromatic N) is 1. The van der Waals surface area contributed by atoms with Crippen LogP contribution in [-0.2, 0) is 16.1 Å². The molecule has 1 aromatic heterocycles. The van der Waals surface area contributed by atoms with Crippen LogP contribution in [0.3, 0.4) is 0 Å². The monoisotopic (exact) mass is 336 g/mol. The maximum Gasteiger partial charge on any atom is 0.341 e. The average Bonchev–Trinajstić information content (AvgIpc) is 2.87. The molecule has 122 valence electrons. The van der Waals surface area contributed by atoms with Crippen molar-refractivity contribution in [3.8, 4) is 5.75 Å². The maximum atomic E-state index is 12.3. The van der Waals surface area contributed by atoms with Crippen molar-refractivity contribution in [1.82, 2.24) is 4.98 Å². The molecule has 0 aliphatic heterocycles. The molecule has 0 aliphatic rings. The highest BCUT2D eigenvalue weighted by molar-refractivity contribution is 7.13. The number of thiazole rings is 1. The van der Waals surface area contributed by atoms with Crippen molar-refractivity contribution >= 4 is 28.9 Å². The molecular weight excluding hydrogens is 320 g/mol. The first-order valence-corrected chi connectivity index (χ1v) is 7.52. The highest BCUT2D eigenvalue weighted by Gasteiger charge is 2.15. The van der Waals surface area contributed by atoms with Crippen LogP contribution < -0.4 is 10.1 Å². The summed E-state index contributed by atoms with van der Waals surface area (Å²) >= 11 is 1.29. The number of methoxy groups -OCH3 is 1. The van der Waals surface area contributed by atoms with Gasteiger partial charge in [-0.15, -0.1) is 11.3 Å². The molecule has 0 spiro atoms. The van der Waals surface area contributed by atoms with Gasteiger partial charge < -0.3 is 19.9 Å². The number of anilines is 1. The lowest BCUT2D eigenvalue weighted by Gasteiger charge is -2.06. The highest BCUT2D eigenvalue weighted by atomic mass is 32.1. The molecule has 8 heteroatoms. The van der Waals surface area contributed by atoms with E-state index in [0.29, 0.717) is 28.6 Å². The van der Waals surface area contributed by atoms with Gasteiger partial charge in [-0.3, -0.25) is 4.79 Å². The standard InChI is InChI=1S/C15H16N2O5S/c1-9-14(23-12(16-9)7-21-2)15(20)17-10-3-5-11(6-4-10)22-8-13(18)19/h3-6H,7-8H2,1-2H3,(H,17,20)(H,18,19). The number of hydrogen-bond donors (Lipinski definition) is 2. The minimum absolute atomic E-state index is 0.249. The van der Waals surface area contributed by atoms with Gasteiger partial charge in [0.1, 0.15) is 15.6 Å². The summed E-state index contributed by atoms with van der Waals surface area (Å²) in [5, 5.41) is 12.1. The molecular formula is C15H16N2O5S. The predicted octanol–water partition coefficient (Wildman–Crippen LogP) is 2.31. The second kappa shape index (κ2) is 7.70. The van der Waals surface area contributed by atoms with E-state index in [1.165, 1.54) is 11.3 Å². The van der Waals surface area contributed by atoms with Crippen molar-refractivity contribution in [2.24, 2.45) is 0 Å². The second-order valence-corrected chi connectivity index (χ2v) is 5.70. The molecule has 7 nitrogen and oxygen atoms in total. The van der Waals surface area contributed by atoms with Crippen LogP contribution in [0.25, 0.3) is 0 Å². The van der Waals surface area contributed by atoms with E-state index >= 15 is 0 Å². The molecule has 0 atom stereocenters. The molecule has 0 bridgehead atoms. The zero-order chi connectivity index (χ0) is 16.8. The predicted molar refractivity (Wildman–Crippen MR) is 85.1 cm³/mol. The molecule has 0 fully saturated rings. The summed E-state index contributed by atoms with van der Waals surface area (Å²) in [7, 11) is 1.57. The second-order valence-electron chi connectivity index (χ2n) is 4.62. The lowest BCUT2D eigenvalue weighted by Crippen LogP contribution is -2.12. The van der Waals surface area contributed by atoms with E-state index in [1.807, 2.05) is 0 Å². The summed E-state index contributed by atoms with van der Waals surface area (Å²) in [6.45, 7) is 1.73. The first kappa shape index (κ1) is 16.9. The fraction of sp³-hybridized carbons (Fsp3) is 0.267. The number of nitrogens with one attached hydrogen (secondary N) is 1. The molecule has 2 N–H and O–H groups in total. The van der Waals surface area contributed by atoms with Gasteiger partial charge in [-0.2, -0.15) is 0 Å². The van der Waals surface area contributed by atoms with Gasteiger partial charge in [-0.05, 0) is 31.2 Å². The Morgan fingerprint density at radius 3 is 2.61 bits per heavy atom. The SMILES string of the molecule is COCc1nc(C)c(C(=O)Nc2ccc(OCC(=O)O)cc2)s1. The van der Waals surface area contributed by atoms with Crippen LogP contribution in [0.15, 0.2) is 24.3 Å². The van der Waals surface area contributed by atoms with Crippen LogP contribution >= 0.6 is 11.3 Å². The Labute approximate surface area is 136 Å². The van der Waals surface area contributed by atoms with Gasteiger partial charge in [0.05, 0.1) is 12.3 Å². The van der Waals surface area contributed by atoms with Gasteiger partial charge in [0.25, 0.3) is 5.91 Å². The number of benzene rings is 1. The van der Waals surface area contributed by atoms with Crippen molar-refractivity contribution in [2.75, 3.05) is 19.0 Å². The molecule has 1 heterocycles. The van der Waals surface area contributed by atoms with E-state index in [2.05, 4.69) is 10.3 Å². The average molecular weight is 336 g/mol. The Bertz CT molecular complexity index is 696. The van der Waals surface area contributed by atoms with E-state index in [9.17, 15) is 9.59 Å². The summed E-state index contributed by atoms with van der Waals surface area (Å²) in [6.07, 6.45) is 0. The number of aryl methyl sites for hydroxylation is 1. The fourth-order valence-electron chi connectivity index (χ4n) is 1.82. The summed E-state index contributed by atoms with van der Waals surface area (Å²) in [6, 6.07) is 6.46. The summed E-state index contributed by atoms with van der Waals surface area (Å²) in [4.78, 5) is 27.5. The van der Waals surface area contributed by atoms with Crippen LogP contribution in [0.2, 0.25) is 0 Å². The Morgan fingerprint density at radius 2 is 2.00 bits per heavy atom. The van der Waals surface area contributed by atoms with Crippen molar-refractivity contribution in [1.29, 1.82) is 0 Å². The van der Waals surface area contributed by atoms with Crippen molar-refractivity contribution in [2.45, 2.75) is 13.5 Å². The van der Waals surface area contributed by atoms with Gasteiger partial charge in [0.2, 0.25) is 0 Å². The van der Waals surface area contributed by atoms with Crippen molar-refractivity contribution in [3.63, 3.8) is 0 Å². The largest absolute Gasteiger partial charge is 0.482 e. The Morgan fingerprint density at radius 1 is 1.30 bits per heavy atom. The lowest BCUT2D eigenvalue weighted by molar-refractivity contribution is -0.139. The minimum atomic E-state index is -1.05. The number of hydrogen-bond acceptors (Lipinski definition) is 6. The number of aliphatic carboxylic acids is 1. The van der Waals surface area contributed by atoms with Crippen LogP contribution in [0, 0.1) is 6.92 Å². The summed E-state index contributed by atoms with van der Waals surface area (Å²) in [5.41, 5.74) is 1.24. The number of carbonyl (C=O) groups is 2. The van der Waals surface area contributed by atoms with E-state index in [-0.39, 0.29) is 5.91 Å². The molecule has 23 heavy (non-hydrogen) atoms. The number of aromatic nitrogens is 1. The normalized spacial score (nSPS) is 10.3. The van der Waals surface area contributed by atoms with E-state index in [0.717, 1.165) is 5.01 Å². The van der Waals surface area contributed by atoms with Gasteiger partial charge in [0.15, 0.2) is 6.61 Å². The fourth-order valence-corrected chi connectivity index (χ4v) is 2.75. The van der Waals surface area contributed by atoms with E-state index < -0.39 is 12.6 Å². The van der Waals surface area contributed by atoms with Crippen molar-refractivity contribution < 1.29 is 24.2 Å². The third-order valence-electron chi connectivity index (χ3n) is 2.79. The zero-order valence-corrected chi connectivity index (χ0v) is 13.5. The number of carboxylic acids is 1.